The Balaban J connectivity index is 2.36. The fourth-order valence-electron chi connectivity index (χ4n) is 2.33. The summed E-state index contributed by atoms with van der Waals surface area (Å²) in [5.74, 6) is 0.171. The van der Waals surface area contributed by atoms with Crippen LogP contribution < -0.4 is 5.73 Å². The van der Waals surface area contributed by atoms with Gasteiger partial charge in [-0.05, 0) is 30.9 Å². The van der Waals surface area contributed by atoms with Gasteiger partial charge in [-0.1, -0.05) is 24.6 Å². The van der Waals surface area contributed by atoms with Crippen LogP contribution >= 0.6 is 0 Å². The zero-order valence-electron chi connectivity index (χ0n) is 8.46. The summed E-state index contributed by atoms with van der Waals surface area (Å²) in [6.07, 6.45) is 3.18. The molecular weight excluding hydrogens is 177 g/mol. The van der Waals surface area contributed by atoms with Crippen LogP contribution in [0.4, 0.5) is 4.39 Å². The van der Waals surface area contributed by atoms with Gasteiger partial charge in [0.05, 0.1) is 0 Å². The van der Waals surface area contributed by atoms with E-state index in [0.29, 0.717) is 0 Å². The highest BCUT2D eigenvalue weighted by Gasteiger charge is 2.27. The van der Waals surface area contributed by atoms with E-state index < -0.39 is 0 Å². The summed E-state index contributed by atoms with van der Waals surface area (Å²) < 4.78 is 13.8. The first-order valence-electron chi connectivity index (χ1n) is 5.20. The highest BCUT2D eigenvalue weighted by atomic mass is 19.1. The van der Waals surface area contributed by atoms with Gasteiger partial charge in [-0.2, -0.15) is 0 Å². The second-order valence-corrected chi connectivity index (χ2v) is 4.18. The van der Waals surface area contributed by atoms with Crippen molar-refractivity contribution in [1.29, 1.82) is 0 Å². The Morgan fingerprint density at radius 2 is 2.14 bits per heavy atom. The number of halogens is 1. The van der Waals surface area contributed by atoms with Crippen LogP contribution in [0.1, 0.15) is 36.3 Å². The molecule has 1 aliphatic carbocycles. The van der Waals surface area contributed by atoms with Crippen molar-refractivity contribution in [1.82, 2.24) is 0 Å². The maximum atomic E-state index is 13.8. The molecule has 1 nitrogen and oxygen atoms in total. The van der Waals surface area contributed by atoms with E-state index >= 15 is 0 Å². The van der Waals surface area contributed by atoms with E-state index in [2.05, 4.69) is 0 Å². The first-order valence-corrected chi connectivity index (χ1v) is 5.20. The van der Waals surface area contributed by atoms with E-state index in [1.54, 1.807) is 13.0 Å². The standard InChI is InChI=1S/C12H16FN/c1-8-4-2-6-10(12(8)13)9-5-3-7-11(9)14/h2,4,6,9,11H,3,5,7,14H2,1H3. The molecule has 1 aromatic rings. The molecule has 0 saturated heterocycles. The summed E-state index contributed by atoms with van der Waals surface area (Å²) in [5, 5.41) is 0. The number of aryl methyl sites for hydroxylation is 1. The van der Waals surface area contributed by atoms with Gasteiger partial charge in [0.15, 0.2) is 0 Å². The first-order chi connectivity index (χ1) is 6.70. The number of rotatable bonds is 1. The van der Waals surface area contributed by atoms with Crippen molar-refractivity contribution in [3.63, 3.8) is 0 Å². The van der Waals surface area contributed by atoms with Crippen LogP contribution in [0, 0.1) is 12.7 Å². The Labute approximate surface area is 84.1 Å². The number of nitrogens with two attached hydrogens (primary N) is 1. The lowest BCUT2D eigenvalue weighted by Crippen LogP contribution is -2.23. The first kappa shape index (κ1) is 9.66. The lowest BCUT2D eigenvalue weighted by Gasteiger charge is -2.17. The van der Waals surface area contributed by atoms with Crippen LogP contribution in [0.15, 0.2) is 18.2 Å². The number of benzene rings is 1. The predicted octanol–water partition coefficient (Wildman–Crippen LogP) is 2.73. The molecule has 2 N–H and O–H groups in total. The van der Waals surface area contributed by atoms with Crippen molar-refractivity contribution >= 4 is 0 Å². The summed E-state index contributed by atoms with van der Waals surface area (Å²) in [6, 6.07) is 5.74. The van der Waals surface area contributed by atoms with E-state index in [1.165, 1.54) is 0 Å². The molecule has 0 heterocycles. The third kappa shape index (κ3) is 1.55. The Hall–Kier alpha value is -0.890. The summed E-state index contributed by atoms with van der Waals surface area (Å²) in [4.78, 5) is 0. The van der Waals surface area contributed by atoms with Gasteiger partial charge in [-0.25, -0.2) is 4.39 Å². The molecule has 0 aromatic heterocycles. The normalized spacial score (nSPS) is 26.8. The second kappa shape index (κ2) is 3.70. The fraction of sp³-hybridized carbons (Fsp3) is 0.500. The number of hydrogen-bond donors (Lipinski definition) is 1. The predicted molar refractivity (Wildman–Crippen MR) is 55.7 cm³/mol. The zero-order valence-corrected chi connectivity index (χ0v) is 8.46. The van der Waals surface area contributed by atoms with Crippen LogP contribution in [-0.4, -0.2) is 6.04 Å². The molecule has 0 bridgehead atoms. The maximum absolute atomic E-state index is 13.8. The highest BCUT2D eigenvalue weighted by molar-refractivity contribution is 5.29. The Morgan fingerprint density at radius 1 is 1.36 bits per heavy atom. The molecule has 1 saturated carbocycles. The molecule has 1 fully saturated rings. The molecule has 14 heavy (non-hydrogen) atoms. The molecule has 2 rings (SSSR count). The average molecular weight is 193 g/mol. The molecule has 1 aliphatic rings. The summed E-state index contributed by atoms with van der Waals surface area (Å²) in [7, 11) is 0. The molecule has 0 spiro atoms. The smallest absolute Gasteiger partial charge is 0.129 e. The lowest BCUT2D eigenvalue weighted by molar-refractivity contribution is 0.544. The number of hydrogen-bond acceptors (Lipinski definition) is 1. The second-order valence-electron chi connectivity index (χ2n) is 4.18. The molecule has 2 unspecified atom stereocenters. The van der Waals surface area contributed by atoms with Crippen LogP contribution in [-0.2, 0) is 0 Å². The van der Waals surface area contributed by atoms with Crippen molar-refractivity contribution in [3.05, 3.63) is 35.1 Å². The van der Waals surface area contributed by atoms with E-state index in [1.807, 2.05) is 12.1 Å². The molecular formula is C12H16FN. The topological polar surface area (TPSA) is 26.0 Å². The average Bonchev–Trinajstić information content (AvgIpc) is 2.57. The Kier molecular flexibility index (Phi) is 2.55. The van der Waals surface area contributed by atoms with Gasteiger partial charge in [0.2, 0.25) is 0 Å². The van der Waals surface area contributed by atoms with Gasteiger partial charge in [0, 0.05) is 12.0 Å². The Bertz CT molecular complexity index is 335. The molecule has 0 radical (unpaired) electrons. The van der Waals surface area contributed by atoms with Crippen LogP contribution in [0.2, 0.25) is 0 Å². The van der Waals surface area contributed by atoms with Crippen molar-refractivity contribution in [2.45, 2.75) is 38.1 Å². The van der Waals surface area contributed by atoms with E-state index in [9.17, 15) is 4.39 Å². The van der Waals surface area contributed by atoms with Crippen molar-refractivity contribution < 1.29 is 4.39 Å². The van der Waals surface area contributed by atoms with Crippen molar-refractivity contribution in [2.75, 3.05) is 0 Å². The minimum absolute atomic E-state index is 0.0603. The van der Waals surface area contributed by atoms with E-state index in [-0.39, 0.29) is 17.8 Å². The van der Waals surface area contributed by atoms with Gasteiger partial charge in [-0.3, -0.25) is 0 Å². The summed E-state index contributed by atoms with van der Waals surface area (Å²) in [6.45, 7) is 1.80. The quantitative estimate of drug-likeness (QED) is 0.729. The van der Waals surface area contributed by atoms with Gasteiger partial charge >= 0.3 is 0 Å². The van der Waals surface area contributed by atoms with Crippen LogP contribution in [0.5, 0.6) is 0 Å². The Morgan fingerprint density at radius 3 is 2.79 bits per heavy atom. The zero-order chi connectivity index (χ0) is 10.1. The minimum atomic E-state index is -0.0603. The van der Waals surface area contributed by atoms with Crippen molar-refractivity contribution in [2.24, 2.45) is 5.73 Å². The maximum Gasteiger partial charge on any atom is 0.129 e. The molecule has 2 heteroatoms. The molecule has 76 valence electrons. The van der Waals surface area contributed by atoms with E-state index in [4.69, 9.17) is 5.73 Å². The SMILES string of the molecule is Cc1cccc(C2CCCC2N)c1F. The van der Waals surface area contributed by atoms with Crippen LogP contribution in [0.25, 0.3) is 0 Å². The lowest BCUT2D eigenvalue weighted by atomic mass is 9.93. The molecule has 1 aromatic carbocycles. The summed E-state index contributed by atoms with van der Waals surface area (Å²) >= 11 is 0. The van der Waals surface area contributed by atoms with E-state index in [0.717, 1.165) is 30.4 Å². The third-order valence-electron chi connectivity index (χ3n) is 3.19. The van der Waals surface area contributed by atoms with Crippen LogP contribution in [0.3, 0.4) is 0 Å². The monoisotopic (exact) mass is 193 g/mol. The van der Waals surface area contributed by atoms with Gasteiger partial charge in [0.1, 0.15) is 5.82 Å². The molecule has 0 amide bonds. The fourth-order valence-corrected chi connectivity index (χ4v) is 2.33. The minimum Gasteiger partial charge on any atom is -0.327 e. The molecule has 0 aliphatic heterocycles. The third-order valence-corrected chi connectivity index (χ3v) is 3.19. The molecule has 2 atom stereocenters. The summed E-state index contributed by atoms with van der Waals surface area (Å²) in [5.41, 5.74) is 7.50. The largest absolute Gasteiger partial charge is 0.327 e. The van der Waals surface area contributed by atoms with Gasteiger partial charge < -0.3 is 5.73 Å². The van der Waals surface area contributed by atoms with Crippen molar-refractivity contribution in [3.8, 4) is 0 Å². The van der Waals surface area contributed by atoms with Gasteiger partial charge in [-0.15, -0.1) is 0 Å². The van der Waals surface area contributed by atoms with Gasteiger partial charge in [0.25, 0.3) is 0 Å². The highest BCUT2D eigenvalue weighted by Crippen LogP contribution is 2.35.